The van der Waals surface area contributed by atoms with E-state index in [2.05, 4.69) is 20.6 Å². The van der Waals surface area contributed by atoms with E-state index in [0.717, 1.165) is 16.8 Å². The lowest BCUT2D eigenvalue weighted by atomic mass is 10.1. The van der Waals surface area contributed by atoms with E-state index in [4.69, 9.17) is 18.6 Å². The van der Waals surface area contributed by atoms with Crippen LogP contribution in [0.1, 0.15) is 16.8 Å². The van der Waals surface area contributed by atoms with Crippen molar-refractivity contribution in [2.45, 2.75) is 20.0 Å². The second-order valence-corrected chi connectivity index (χ2v) is 6.81. The first-order valence-electron chi connectivity index (χ1n) is 9.82. The van der Waals surface area contributed by atoms with Crippen molar-refractivity contribution in [1.29, 1.82) is 0 Å². The van der Waals surface area contributed by atoms with Gasteiger partial charge in [-0.1, -0.05) is 17.7 Å². The van der Waals surface area contributed by atoms with Crippen molar-refractivity contribution < 1.29 is 18.6 Å². The van der Waals surface area contributed by atoms with Crippen LogP contribution in [0.15, 0.2) is 52.1 Å². The van der Waals surface area contributed by atoms with Crippen molar-refractivity contribution in [2.24, 2.45) is 4.99 Å². The quantitative estimate of drug-likeness (QED) is 0.247. The molecule has 0 amide bonds. The Morgan fingerprint density at radius 1 is 0.938 bits per heavy atom. The zero-order valence-corrected chi connectivity index (χ0v) is 21.2. The van der Waals surface area contributed by atoms with Crippen molar-refractivity contribution in [1.82, 2.24) is 15.6 Å². The third-order valence-corrected chi connectivity index (χ3v) is 4.74. The van der Waals surface area contributed by atoms with E-state index in [1.807, 2.05) is 37.3 Å². The minimum atomic E-state index is 0. The third-order valence-electron chi connectivity index (χ3n) is 4.74. The summed E-state index contributed by atoms with van der Waals surface area (Å²) in [7, 11) is 6.52. The number of benzene rings is 2. The molecule has 0 saturated heterocycles. The summed E-state index contributed by atoms with van der Waals surface area (Å²) in [4.78, 5) is 8.81. The number of nitrogens with zero attached hydrogens (tertiary/aromatic N) is 2. The summed E-state index contributed by atoms with van der Waals surface area (Å²) in [5, 5.41) is 6.51. The van der Waals surface area contributed by atoms with Gasteiger partial charge < -0.3 is 29.3 Å². The molecular formula is C23H29IN4O4. The zero-order chi connectivity index (χ0) is 22.2. The molecule has 1 heterocycles. The van der Waals surface area contributed by atoms with E-state index >= 15 is 0 Å². The molecule has 8 nitrogen and oxygen atoms in total. The van der Waals surface area contributed by atoms with Crippen LogP contribution in [0.25, 0.3) is 11.5 Å². The van der Waals surface area contributed by atoms with Crippen LogP contribution in [0.3, 0.4) is 0 Å². The number of rotatable bonds is 8. The fraction of sp³-hybridized carbons (Fsp3) is 0.304. The Hall–Kier alpha value is -2.95. The van der Waals surface area contributed by atoms with E-state index in [0.29, 0.717) is 42.2 Å². The van der Waals surface area contributed by atoms with Crippen LogP contribution in [0.4, 0.5) is 0 Å². The molecule has 0 spiro atoms. The summed E-state index contributed by atoms with van der Waals surface area (Å²) in [5.41, 5.74) is 3.83. The summed E-state index contributed by atoms with van der Waals surface area (Å²) in [6, 6.07) is 11.7. The largest absolute Gasteiger partial charge is 0.496 e. The van der Waals surface area contributed by atoms with Gasteiger partial charge in [-0.2, -0.15) is 0 Å². The molecule has 0 atom stereocenters. The Morgan fingerprint density at radius 3 is 2.19 bits per heavy atom. The molecular weight excluding hydrogens is 523 g/mol. The number of oxazole rings is 1. The van der Waals surface area contributed by atoms with Crippen LogP contribution in [-0.2, 0) is 13.1 Å². The van der Waals surface area contributed by atoms with Crippen molar-refractivity contribution in [3.63, 3.8) is 0 Å². The highest BCUT2D eigenvalue weighted by Crippen LogP contribution is 2.34. The second-order valence-electron chi connectivity index (χ2n) is 6.81. The Kier molecular flexibility index (Phi) is 9.63. The molecule has 0 fully saturated rings. The molecule has 3 rings (SSSR count). The van der Waals surface area contributed by atoms with Gasteiger partial charge in [-0.15, -0.1) is 24.0 Å². The third kappa shape index (κ3) is 6.28. The summed E-state index contributed by atoms with van der Waals surface area (Å²) in [5.74, 6) is 3.15. The van der Waals surface area contributed by atoms with Crippen molar-refractivity contribution in [3.8, 4) is 28.7 Å². The molecule has 0 aliphatic carbocycles. The van der Waals surface area contributed by atoms with E-state index in [-0.39, 0.29) is 24.0 Å². The number of ether oxygens (including phenoxy) is 3. The molecule has 0 saturated carbocycles. The Balaban J connectivity index is 0.00000363. The lowest BCUT2D eigenvalue weighted by Gasteiger charge is -2.16. The fourth-order valence-corrected chi connectivity index (χ4v) is 3.02. The van der Waals surface area contributed by atoms with E-state index in [1.54, 1.807) is 40.7 Å². The van der Waals surface area contributed by atoms with Gasteiger partial charge in [-0.3, -0.25) is 4.99 Å². The van der Waals surface area contributed by atoms with Gasteiger partial charge >= 0.3 is 0 Å². The highest BCUT2D eigenvalue weighted by atomic mass is 127. The summed E-state index contributed by atoms with van der Waals surface area (Å²) in [6.45, 7) is 3.00. The summed E-state index contributed by atoms with van der Waals surface area (Å²) >= 11 is 0. The van der Waals surface area contributed by atoms with Crippen LogP contribution >= 0.6 is 24.0 Å². The Bertz CT molecular complexity index is 1030. The van der Waals surface area contributed by atoms with Crippen molar-refractivity contribution in [3.05, 3.63) is 59.5 Å². The monoisotopic (exact) mass is 552 g/mol. The van der Waals surface area contributed by atoms with Crippen molar-refractivity contribution >= 4 is 29.9 Å². The Morgan fingerprint density at radius 2 is 1.56 bits per heavy atom. The molecule has 1 aromatic heterocycles. The normalized spacial score (nSPS) is 10.8. The topological polar surface area (TPSA) is 90.1 Å². The molecule has 9 heteroatoms. The first-order chi connectivity index (χ1) is 15.1. The number of aromatic nitrogens is 1. The molecule has 3 aromatic rings. The molecule has 0 bridgehead atoms. The number of hydrogen-bond donors (Lipinski definition) is 2. The van der Waals surface area contributed by atoms with Crippen LogP contribution < -0.4 is 24.8 Å². The summed E-state index contributed by atoms with van der Waals surface area (Å²) in [6.07, 6.45) is 1.65. The molecule has 0 radical (unpaired) electrons. The molecule has 0 aliphatic rings. The van der Waals surface area contributed by atoms with E-state index in [1.165, 1.54) is 5.56 Å². The number of nitrogens with one attached hydrogen (secondary N) is 2. The van der Waals surface area contributed by atoms with Crippen LogP contribution in [-0.4, -0.2) is 39.3 Å². The maximum atomic E-state index is 5.61. The molecule has 0 aliphatic heterocycles. The van der Waals surface area contributed by atoms with Gasteiger partial charge in [-0.05, 0) is 25.1 Å². The molecule has 0 unspecified atom stereocenters. The average molecular weight is 552 g/mol. The fourth-order valence-electron chi connectivity index (χ4n) is 3.02. The van der Waals surface area contributed by atoms with Gasteiger partial charge in [0, 0.05) is 30.8 Å². The molecule has 2 N–H and O–H groups in total. The maximum absolute atomic E-state index is 5.61. The lowest BCUT2D eigenvalue weighted by Crippen LogP contribution is -2.36. The smallest absolute Gasteiger partial charge is 0.226 e. The van der Waals surface area contributed by atoms with Gasteiger partial charge in [-0.25, -0.2) is 4.98 Å². The first-order valence-corrected chi connectivity index (χ1v) is 9.82. The predicted molar refractivity (Wildman–Crippen MR) is 135 cm³/mol. The van der Waals surface area contributed by atoms with E-state index in [9.17, 15) is 0 Å². The standard InChI is InChI=1S/C23H28N4O4.HI/c1-15-6-8-16(9-7-15)22-27-18(14-31-22)13-26-23(24-2)25-12-17-10-20(29-4)21(30-5)11-19(17)28-3;/h6-11,14H,12-13H2,1-5H3,(H2,24,25,26);1H. The molecule has 32 heavy (non-hydrogen) atoms. The number of aliphatic imine (C=N–C) groups is 1. The number of methoxy groups -OCH3 is 3. The van der Waals surface area contributed by atoms with Crippen LogP contribution in [0.5, 0.6) is 17.2 Å². The predicted octanol–water partition coefficient (Wildman–Crippen LogP) is 4.16. The van der Waals surface area contributed by atoms with Gasteiger partial charge in [0.25, 0.3) is 0 Å². The maximum Gasteiger partial charge on any atom is 0.226 e. The zero-order valence-electron chi connectivity index (χ0n) is 18.9. The van der Waals surface area contributed by atoms with Gasteiger partial charge in [0.2, 0.25) is 5.89 Å². The van der Waals surface area contributed by atoms with Gasteiger partial charge in [0.1, 0.15) is 12.0 Å². The number of aryl methyl sites for hydroxylation is 1. The number of guanidine groups is 1. The minimum absolute atomic E-state index is 0. The van der Waals surface area contributed by atoms with Crippen molar-refractivity contribution in [2.75, 3.05) is 28.4 Å². The highest BCUT2D eigenvalue weighted by Gasteiger charge is 2.13. The SMILES string of the molecule is CN=C(NCc1coc(-c2ccc(C)cc2)n1)NCc1cc(OC)c(OC)cc1OC.I. The molecule has 2 aromatic carbocycles. The first kappa shape index (κ1) is 25.3. The number of hydrogen-bond acceptors (Lipinski definition) is 6. The van der Waals surface area contributed by atoms with Crippen LogP contribution in [0, 0.1) is 6.92 Å². The molecule has 172 valence electrons. The Labute approximate surface area is 205 Å². The summed E-state index contributed by atoms with van der Waals surface area (Å²) < 4.78 is 21.8. The average Bonchev–Trinajstić information content (AvgIpc) is 3.28. The minimum Gasteiger partial charge on any atom is -0.496 e. The lowest BCUT2D eigenvalue weighted by molar-refractivity contribution is 0.347. The highest BCUT2D eigenvalue weighted by molar-refractivity contribution is 14.0. The van der Waals surface area contributed by atoms with Crippen LogP contribution in [0.2, 0.25) is 0 Å². The second kappa shape index (κ2) is 12.2. The van der Waals surface area contributed by atoms with E-state index < -0.39 is 0 Å². The van der Waals surface area contributed by atoms with Gasteiger partial charge in [0.05, 0.1) is 33.6 Å². The van der Waals surface area contributed by atoms with Gasteiger partial charge in [0.15, 0.2) is 17.5 Å². The number of halogens is 1.